The Kier molecular flexibility index (Phi) is 32.9. The van der Waals surface area contributed by atoms with Crippen LogP contribution in [0.25, 0.3) is 0 Å². The predicted octanol–water partition coefficient (Wildman–Crippen LogP) is 6.54. The minimum absolute atomic E-state index is 0. The van der Waals surface area contributed by atoms with Crippen LogP contribution < -0.4 is 35.9 Å². The van der Waals surface area contributed by atoms with Gasteiger partial charge in [0.2, 0.25) is 18.1 Å². The lowest BCUT2D eigenvalue weighted by atomic mass is 9.50. The van der Waals surface area contributed by atoms with Crippen molar-refractivity contribution in [3.05, 3.63) is 105 Å². The molecule has 3 spiro atoms. The van der Waals surface area contributed by atoms with Gasteiger partial charge in [-0.05, 0) is 219 Å². The summed E-state index contributed by atoms with van der Waals surface area (Å²) in [6, 6.07) is 9.04. The van der Waals surface area contributed by atoms with Gasteiger partial charge in [0.05, 0.1) is 69.6 Å². The summed E-state index contributed by atoms with van der Waals surface area (Å²) < 4.78 is 88.3. The van der Waals surface area contributed by atoms with Crippen LogP contribution in [0.3, 0.4) is 0 Å². The number of carbonyl (C=O) groups excluding carboxylic acids is 13. The number of likely N-dealkylation sites (tertiary alicyclic amines) is 4. The normalized spacial score (nSPS) is 29.2. The molecule has 3 aromatic rings. The van der Waals surface area contributed by atoms with Crippen LogP contribution >= 0.6 is 23.2 Å². The Morgan fingerprint density at radius 1 is 0.556 bits per heavy atom. The maximum absolute atomic E-state index is 13.2. The minimum atomic E-state index is -4.64. The van der Waals surface area contributed by atoms with E-state index in [9.17, 15) is 101 Å². The Hall–Kier alpha value is -11.0. The number of hydrogen-bond acceptors (Lipinski definition) is 35. The molecule has 7 aliphatic carbocycles. The average Bonchev–Trinajstić information content (AvgIpc) is 1.53. The first-order valence-corrected chi connectivity index (χ1v) is 48.7. The molecule has 5 amide bonds. The van der Waals surface area contributed by atoms with E-state index < -0.39 is 159 Å². The predicted molar refractivity (Wildman–Crippen MR) is 495 cm³/mol. The first-order valence-electron chi connectivity index (χ1n) is 47.6. The molecule has 1 unspecified atom stereocenters. The molecule has 17 atom stereocenters. The highest BCUT2D eigenvalue weighted by Gasteiger charge is 2.76. The first-order chi connectivity index (χ1) is 66.7. The van der Waals surface area contributed by atoms with E-state index in [0.717, 1.165) is 85.0 Å². The van der Waals surface area contributed by atoms with Crippen LogP contribution in [-0.2, 0) is 131 Å². The molecule has 6 saturated heterocycles. The molecule has 778 valence electrons. The number of piperidine rings is 3. The number of nitrogens with one attached hydrogen (secondary N) is 3. The van der Waals surface area contributed by atoms with Crippen molar-refractivity contribution in [2.75, 3.05) is 78.8 Å². The second-order valence-electron chi connectivity index (χ2n) is 39.3. The molecule has 3 aromatic carbocycles. The van der Waals surface area contributed by atoms with E-state index in [1.54, 1.807) is 57.2 Å². The van der Waals surface area contributed by atoms with Gasteiger partial charge in [-0.15, -0.1) is 28.3 Å². The number of halogens is 5. The number of alkyl halides is 5. The van der Waals surface area contributed by atoms with E-state index in [4.69, 9.17) is 85.9 Å². The molecule has 16 aliphatic rings. The number of ether oxygens (including phenoxy) is 10. The van der Waals surface area contributed by atoms with E-state index in [1.807, 2.05) is 39.3 Å². The molecule has 11 N–H and O–H groups in total. The minimum Gasteiger partial charge on any atom is -0.504 e. The number of aldehydes is 1. The van der Waals surface area contributed by atoms with Crippen molar-refractivity contribution in [3.8, 4) is 34.5 Å². The van der Waals surface area contributed by atoms with Crippen molar-refractivity contribution in [1.82, 2.24) is 40.6 Å². The summed E-state index contributed by atoms with van der Waals surface area (Å²) in [7, 11) is 5.99. The highest BCUT2D eigenvalue weighted by molar-refractivity contribution is 6.40. The quantitative estimate of drug-likeness (QED) is 0.0178. The number of hydroxylamine groups is 2. The van der Waals surface area contributed by atoms with Gasteiger partial charge in [0.15, 0.2) is 71.1 Å². The maximum atomic E-state index is 13.2. The van der Waals surface area contributed by atoms with E-state index in [-0.39, 0.29) is 154 Å². The fourth-order valence-electron chi connectivity index (χ4n) is 23.2. The zero-order chi connectivity index (χ0) is 102. The molecule has 39 nitrogen and oxygen atoms in total. The van der Waals surface area contributed by atoms with Crippen LogP contribution in [-0.4, -0.2) is 307 Å². The molecule has 7 fully saturated rings. The van der Waals surface area contributed by atoms with Crippen LogP contribution in [0.1, 0.15) is 204 Å². The Bertz CT molecular complexity index is 5460. The van der Waals surface area contributed by atoms with Gasteiger partial charge in [0.1, 0.15) is 28.9 Å². The number of esters is 6. The lowest BCUT2D eigenvalue weighted by molar-refractivity contribution is -0.200. The zero-order valence-corrected chi connectivity index (χ0v) is 81.3. The van der Waals surface area contributed by atoms with Crippen molar-refractivity contribution in [2.24, 2.45) is 11.7 Å². The SMILES string of the molecule is C.C[C@H](OC(=O)CCN)C(=O)OC1=CC[C@@]2(O)[C@H]3Cc4ccc(O)c5c4[C@@]2(CCN3C)[C@H]1O5.C[C@H](OC(=O)CCNC(=O)C1CCCN1C(=O)OC(C)(C)C)C(=O)OC1=CC[C@@]2(O)[C@H]3Cc4ccc(O)c5c4[C@@]2(CCN3C)[C@H]1O5.C[C@H](OC(=O)CCNC(=O)[C@@H]1CCCN1)C(=O)OC1=CC[C@@]2(O)[C@H]3Cc4ccc(O)c5c4[C@@]2(CCN3C)[C@H]1O5.ClCCl.O=C(ON1C(=O)CCC1=O)C1CCCC1.O=CC(F)(F)F. The first kappa shape index (κ1) is 108. The number of carbonyl (C=O) groups is 13. The Morgan fingerprint density at radius 3 is 1.27 bits per heavy atom. The van der Waals surface area contributed by atoms with Gasteiger partial charge in [0, 0.05) is 93.1 Å². The number of benzene rings is 3. The molecule has 0 radical (unpaired) electrons. The number of imide groups is 1. The van der Waals surface area contributed by atoms with Crippen molar-refractivity contribution >= 4 is 101 Å². The van der Waals surface area contributed by atoms with Crippen LogP contribution in [0, 0.1) is 5.92 Å². The third-order valence-electron chi connectivity index (χ3n) is 29.8. The smallest absolute Gasteiger partial charge is 0.446 e. The second kappa shape index (κ2) is 43.1. The van der Waals surface area contributed by atoms with Crippen LogP contribution in [0.2, 0.25) is 0 Å². The summed E-state index contributed by atoms with van der Waals surface area (Å²) in [6.07, 6.45) is 3.62. The molecule has 1 saturated carbocycles. The van der Waals surface area contributed by atoms with Gasteiger partial charge in [-0.3, -0.25) is 43.3 Å². The van der Waals surface area contributed by atoms with Crippen LogP contribution in [0.5, 0.6) is 34.5 Å². The van der Waals surface area contributed by atoms with Gasteiger partial charge >= 0.3 is 54.1 Å². The zero-order valence-electron chi connectivity index (χ0n) is 79.8. The van der Waals surface area contributed by atoms with E-state index in [0.29, 0.717) is 93.3 Å². The highest BCUT2D eigenvalue weighted by Crippen LogP contribution is 2.69. The second-order valence-corrected chi connectivity index (χ2v) is 40.1. The highest BCUT2D eigenvalue weighted by atomic mass is 35.5. The lowest BCUT2D eigenvalue weighted by Crippen LogP contribution is -2.74. The summed E-state index contributed by atoms with van der Waals surface area (Å²) in [5, 5.41) is 77.6. The molecule has 19 rings (SSSR count). The van der Waals surface area contributed by atoms with Gasteiger partial charge < -0.3 is 119 Å². The number of nitrogens with two attached hydrogens (primary N) is 1. The Balaban J connectivity index is 0.000000161. The monoisotopic (exact) mass is 2040 g/mol. The largest absolute Gasteiger partial charge is 0.504 e. The number of aromatic hydroxyl groups is 3. The van der Waals surface area contributed by atoms with Crippen molar-refractivity contribution in [3.63, 3.8) is 0 Å². The van der Waals surface area contributed by atoms with Crippen molar-refractivity contribution in [2.45, 2.75) is 302 Å². The van der Waals surface area contributed by atoms with Gasteiger partial charge in [-0.2, -0.15) is 13.2 Å². The number of hydrogen-bond donors (Lipinski definition) is 10. The van der Waals surface area contributed by atoms with Gasteiger partial charge in [-0.25, -0.2) is 24.0 Å². The number of phenols is 3. The number of aliphatic hydroxyl groups is 3. The Morgan fingerprint density at radius 2 is 0.923 bits per heavy atom. The Labute approximate surface area is 828 Å². The van der Waals surface area contributed by atoms with Crippen molar-refractivity contribution < 1.29 is 158 Å². The number of amides is 5. The third-order valence-corrected chi connectivity index (χ3v) is 29.8. The molecule has 0 aromatic heterocycles. The molecule has 9 heterocycles. The summed E-state index contributed by atoms with van der Waals surface area (Å²) in [5.74, 6) is -4.49. The fourth-order valence-corrected chi connectivity index (χ4v) is 23.2. The van der Waals surface area contributed by atoms with Gasteiger partial charge in [0.25, 0.3) is 11.8 Å². The maximum Gasteiger partial charge on any atom is 0.446 e. The molecule has 6 bridgehead atoms. The third kappa shape index (κ3) is 20.5. The van der Waals surface area contributed by atoms with Crippen LogP contribution in [0.4, 0.5) is 18.0 Å². The molecule has 44 heteroatoms. The average molecular weight is 2040 g/mol. The molecular formula is C98H126Cl2F3N9O30. The van der Waals surface area contributed by atoms with Crippen molar-refractivity contribution in [1.29, 1.82) is 0 Å². The van der Waals surface area contributed by atoms with E-state index in [2.05, 4.69) is 30.7 Å². The number of likely N-dealkylation sites (N-methyl/N-ethyl adjacent to an activating group) is 3. The standard InChI is InChI=1S/C33H43N3O10.C28H35N3O8.C23H28N2O7.C10H13NO4.C2HF3O.CH2Cl2.CH4/c1-18(43-24(38)11-14-34-28(39)20-7-6-15-36(20)30(41)46-31(2,3)4)29(40)44-22-10-12-33(42)23-17-19-8-9-21(37)26-25(19)32(33,27(22)45-26)13-16-35(23)5;1-15(37-21(33)8-12-30-25(34)17-4-3-11-29-17)26(35)38-19-7-9-28(36)20-14-16-5-6-18(32)23-22(16)27(28,24(19)39-23)10-13-31(20)2;1-12(30-17(27)6-9-24)21(28)31-15-5-7-23(29)16-11-13-3-4-14(26)19-18(13)22(23,20(15)32-19)8-10-25(16)2;12-8-5-6-9(13)11(8)15-10(14)7-3-1-2-4-7;3-2(4,5)1-6;2-1-3;/h8-10,18,20,23,27,37,42H,6-7,11-17H2,1-5H3,(H,34,39);5-7,15,17,20,24,29,32,36H,3-4,8-14H2,1-2H3,(H,30,34);3-5,12,16,20,26,29H,6-11,24H2,1-2H3;7H,1-6H2;1H;1H2;1H4/t18-,20?,23+,27-,32-,33+;15-,17-,20+,24-,27-,28+;12-,16+,20-,22-,23+;;;;/m000..../s1. The van der Waals surface area contributed by atoms with E-state index >= 15 is 0 Å². The summed E-state index contributed by atoms with van der Waals surface area (Å²) in [6.45, 7) is 13.1. The summed E-state index contributed by atoms with van der Waals surface area (Å²) >= 11 is 9.53. The molecule has 9 aliphatic heterocycles. The lowest BCUT2D eigenvalue weighted by Gasteiger charge is -2.61. The topological polar surface area (TPSA) is 523 Å². The molecular weight excluding hydrogens is 1910 g/mol. The molecule has 142 heavy (non-hydrogen) atoms. The van der Waals surface area contributed by atoms with E-state index in [1.165, 1.54) is 25.7 Å². The number of rotatable bonds is 21. The van der Waals surface area contributed by atoms with Gasteiger partial charge in [-0.1, -0.05) is 38.5 Å². The number of nitrogens with zero attached hydrogens (tertiary/aromatic N) is 5. The summed E-state index contributed by atoms with van der Waals surface area (Å²) in [4.78, 5) is 168. The number of phenolic OH excluding ortho intramolecular Hbond substituents is 3. The van der Waals surface area contributed by atoms with Crippen LogP contribution in [0.15, 0.2) is 71.9 Å². The summed E-state index contributed by atoms with van der Waals surface area (Å²) in [5.41, 5.74) is 3.97. The fraction of sp³-hybridized carbons (Fsp3) is 0.622.